The van der Waals surface area contributed by atoms with Crippen molar-refractivity contribution in [3.8, 4) is 0 Å². The third kappa shape index (κ3) is 1.67. The van der Waals surface area contributed by atoms with Gasteiger partial charge in [0.2, 0.25) is 0 Å². The number of aldehydes is 1. The van der Waals surface area contributed by atoms with Gasteiger partial charge in [0, 0.05) is 11.6 Å². The molecule has 0 spiro atoms. The van der Waals surface area contributed by atoms with Crippen molar-refractivity contribution in [1.29, 1.82) is 0 Å². The highest BCUT2D eigenvalue weighted by atomic mass is 19.1. The molecule has 0 atom stereocenters. The van der Waals surface area contributed by atoms with Gasteiger partial charge in [-0.05, 0) is 30.9 Å². The molecule has 1 fully saturated rings. The fourth-order valence-corrected chi connectivity index (χ4v) is 1.93. The SMILES string of the molecule is O=CC1(Cc2cncc(F)c2)CCC1. The van der Waals surface area contributed by atoms with Gasteiger partial charge in [0.15, 0.2) is 0 Å². The topological polar surface area (TPSA) is 30.0 Å². The molecule has 0 radical (unpaired) electrons. The summed E-state index contributed by atoms with van der Waals surface area (Å²) in [4.78, 5) is 14.7. The number of pyridine rings is 1. The van der Waals surface area contributed by atoms with Gasteiger partial charge < -0.3 is 4.79 Å². The molecule has 1 aliphatic carbocycles. The highest BCUT2D eigenvalue weighted by Crippen LogP contribution is 2.41. The van der Waals surface area contributed by atoms with Crippen molar-refractivity contribution >= 4 is 6.29 Å². The minimum absolute atomic E-state index is 0.227. The first-order chi connectivity index (χ1) is 6.74. The summed E-state index contributed by atoms with van der Waals surface area (Å²) < 4.78 is 12.8. The largest absolute Gasteiger partial charge is 0.303 e. The summed E-state index contributed by atoms with van der Waals surface area (Å²) in [5, 5.41) is 0. The summed E-state index contributed by atoms with van der Waals surface area (Å²) >= 11 is 0. The van der Waals surface area contributed by atoms with E-state index in [1.54, 1.807) is 6.20 Å². The van der Waals surface area contributed by atoms with Crippen LogP contribution in [0.25, 0.3) is 0 Å². The average Bonchev–Trinajstić information content (AvgIpc) is 2.11. The third-order valence-electron chi connectivity index (χ3n) is 2.92. The van der Waals surface area contributed by atoms with Crippen LogP contribution in [0.3, 0.4) is 0 Å². The van der Waals surface area contributed by atoms with Gasteiger partial charge >= 0.3 is 0 Å². The molecule has 1 saturated carbocycles. The maximum atomic E-state index is 12.8. The zero-order valence-corrected chi connectivity index (χ0v) is 7.87. The highest BCUT2D eigenvalue weighted by molar-refractivity contribution is 5.61. The highest BCUT2D eigenvalue weighted by Gasteiger charge is 2.36. The lowest BCUT2D eigenvalue weighted by Crippen LogP contribution is -2.33. The quantitative estimate of drug-likeness (QED) is 0.688. The van der Waals surface area contributed by atoms with E-state index in [1.165, 1.54) is 12.3 Å². The first-order valence-corrected chi connectivity index (χ1v) is 4.80. The van der Waals surface area contributed by atoms with Crippen LogP contribution in [0.1, 0.15) is 24.8 Å². The molecule has 0 bridgehead atoms. The van der Waals surface area contributed by atoms with Gasteiger partial charge in [-0.2, -0.15) is 0 Å². The normalized spacial score (nSPS) is 18.6. The molecular formula is C11H12FNO. The van der Waals surface area contributed by atoms with Crippen LogP contribution < -0.4 is 0 Å². The van der Waals surface area contributed by atoms with E-state index in [0.29, 0.717) is 6.42 Å². The Labute approximate surface area is 82.2 Å². The van der Waals surface area contributed by atoms with E-state index >= 15 is 0 Å². The molecule has 0 unspecified atom stereocenters. The molecule has 0 saturated heterocycles. The lowest BCUT2D eigenvalue weighted by Gasteiger charge is -2.36. The maximum absolute atomic E-state index is 12.8. The van der Waals surface area contributed by atoms with Gasteiger partial charge in [0.25, 0.3) is 0 Å². The second-order valence-corrected chi connectivity index (χ2v) is 4.02. The van der Waals surface area contributed by atoms with Gasteiger partial charge in [-0.25, -0.2) is 4.39 Å². The summed E-state index contributed by atoms with van der Waals surface area (Å²) in [6.07, 6.45) is 7.40. The Balaban J connectivity index is 2.13. The Morgan fingerprint density at radius 3 is 2.79 bits per heavy atom. The predicted octanol–water partition coefficient (Wildman–Crippen LogP) is 2.13. The predicted molar refractivity (Wildman–Crippen MR) is 50.2 cm³/mol. The second-order valence-electron chi connectivity index (χ2n) is 4.02. The second kappa shape index (κ2) is 3.48. The van der Waals surface area contributed by atoms with Crippen molar-refractivity contribution < 1.29 is 9.18 Å². The number of carbonyl (C=O) groups excluding carboxylic acids is 1. The van der Waals surface area contributed by atoms with Crippen LogP contribution in [-0.2, 0) is 11.2 Å². The molecule has 1 aliphatic rings. The van der Waals surface area contributed by atoms with Gasteiger partial charge in [-0.3, -0.25) is 4.98 Å². The van der Waals surface area contributed by atoms with Gasteiger partial charge in [-0.1, -0.05) is 6.42 Å². The maximum Gasteiger partial charge on any atom is 0.141 e. The summed E-state index contributed by atoms with van der Waals surface area (Å²) in [6, 6.07) is 1.45. The van der Waals surface area contributed by atoms with E-state index < -0.39 is 0 Å². The van der Waals surface area contributed by atoms with E-state index in [4.69, 9.17) is 0 Å². The zero-order chi connectivity index (χ0) is 10.0. The molecule has 14 heavy (non-hydrogen) atoms. The minimum atomic E-state index is -0.331. The Morgan fingerprint density at radius 2 is 2.29 bits per heavy atom. The number of rotatable bonds is 3. The van der Waals surface area contributed by atoms with Gasteiger partial charge in [0.1, 0.15) is 12.1 Å². The molecule has 3 heteroatoms. The molecule has 0 amide bonds. The van der Waals surface area contributed by atoms with E-state index in [2.05, 4.69) is 4.98 Å². The number of hydrogen-bond donors (Lipinski definition) is 0. The van der Waals surface area contributed by atoms with Crippen LogP contribution in [0.15, 0.2) is 18.5 Å². The molecular weight excluding hydrogens is 181 g/mol. The van der Waals surface area contributed by atoms with E-state index in [-0.39, 0.29) is 11.2 Å². The summed E-state index contributed by atoms with van der Waals surface area (Å²) in [5.41, 5.74) is 0.590. The van der Waals surface area contributed by atoms with E-state index in [0.717, 1.165) is 31.1 Å². The van der Waals surface area contributed by atoms with E-state index in [9.17, 15) is 9.18 Å². The first kappa shape index (κ1) is 9.31. The summed E-state index contributed by atoms with van der Waals surface area (Å²) in [6.45, 7) is 0. The first-order valence-electron chi connectivity index (χ1n) is 4.80. The molecule has 1 aromatic heterocycles. The number of carbonyl (C=O) groups is 1. The third-order valence-corrected chi connectivity index (χ3v) is 2.92. The number of hydrogen-bond acceptors (Lipinski definition) is 2. The van der Waals surface area contributed by atoms with Gasteiger partial charge in [-0.15, -0.1) is 0 Å². The fourth-order valence-electron chi connectivity index (χ4n) is 1.93. The Kier molecular flexibility index (Phi) is 2.32. The Morgan fingerprint density at radius 1 is 1.50 bits per heavy atom. The van der Waals surface area contributed by atoms with Crippen molar-refractivity contribution in [2.24, 2.45) is 5.41 Å². The van der Waals surface area contributed by atoms with Crippen LogP contribution in [0, 0.1) is 11.2 Å². The number of aromatic nitrogens is 1. The minimum Gasteiger partial charge on any atom is -0.303 e. The number of halogens is 1. The molecule has 0 aliphatic heterocycles. The monoisotopic (exact) mass is 193 g/mol. The molecule has 2 nitrogen and oxygen atoms in total. The zero-order valence-electron chi connectivity index (χ0n) is 7.87. The standard InChI is InChI=1S/C11H12FNO/c12-10-4-9(6-13-7-10)5-11(8-14)2-1-3-11/h4,6-8H,1-3,5H2. The Hall–Kier alpha value is -1.25. The van der Waals surface area contributed by atoms with Gasteiger partial charge in [0.05, 0.1) is 6.20 Å². The molecule has 74 valence electrons. The fraction of sp³-hybridized carbons (Fsp3) is 0.455. The molecule has 1 heterocycles. The summed E-state index contributed by atoms with van der Waals surface area (Å²) in [7, 11) is 0. The van der Waals surface area contributed by atoms with Crippen LogP contribution >= 0.6 is 0 Å². The van der Waals surface area contributed by atoms with Crippen LogP contribution in [0.4, 0.5) is 4.39 Å². The lowest BCUT2D eigenvalue weighted by atomic mass is 9.67. The Bertz CT molecular complexity index is 347. The van der Waals surface area contributed by atoms with Crippen LogP contribution in [-0.4, -0.2) is 11.3 Å². The van der Waals surface area contributed by atoms with Crippen molar-refractivity contribution in [1.82, 2.24) is 4.98 Å². The van der Waals surface area contributed by atoms with Crippen molar-refractivity contribution in [3.05, 3.63) is 29.8 Å². The lowest BCUT2D eigenvalue weighted by molar-refractivity contribution is -0.120. The molecule has 2 rings (SSSR count). The van der Waals surface area contributed by atoms with Crippen molar-refractivity contribution in [3.63, 3.8) is 0 Å². The molecule has 0 aromatic carbocycles. The summed E-state index contributed by atoms with van der Waals surface area (Å²) in [5.74, 6) is -0.331. The smallest absolute Gasteiger partial charge is 0.141 e. The van der Waals surface area contributed by atoms with Crippen molar-refractivity contribution in [2.75, 3.05) is 0 Å². The number of nitrogens with zero attached hydrogens (tertiary/aromatic N) is 1. The van der Waals surface area contributed by atoms with E-state index in [1.807, 2.05) is 0 Å². The van der Waals surface area contributed by atoms with Crippen molar-refractivity contribution in [2.45, 2.75) is 25.7 Å². The van der Waals surface area contributed by atoms with Crippen LogP contribution in [0.5, 0.6) is 0 Å². The average molecular weight is 193 g/mol. The van der Waals surface area contributed by atoms with Crippen LogP contribution in [0.2, 0.25) is 0 Å². The molecule has 1 aromatic rings. The molecule has 0 N–H and O–H groups in total.